The van der Waals surface area contributed by atoms with Crippen molar-refractivity contribution in [3.05, 3.63) is 61.7 Å². The minimum absolute atomic E-state index is 0.0242. The summed E-state index contributed by atoms with van der Waals surface area (Å²) in [6.07, 6.45) is -3.88. The van der Waals surface area contributed by atoms with E-state index in [2.05, 4.69) is 48.8 Å². The van der Waals surface area contributed by atoms with Gasteiger partial charge < -0.3 is 19.5 Å². The molecule has 2 aliphatic rings. The van der Waals surface area contributed by atoms with Crippen LogP contribution in [0.5, 0.6) is 0 Å². The van der Waals surface area contributed by atoms with Crippen LogP contribution >= 0.6 is 27.5 Å². The van der Waals surface area contributed by atoms with E-state index in [1.807, 2.05) is 6.92 Å². The Bertz CT molecular complexity index is 1820. The first-order chi connectivity index (χ1) is 20.9. The lowest BCUT2D eigenvalue weighted by molar-refractivity contribution is -0.137. The summed E-state index contributed by atoms with van der Waals surface area (Å²) in [7, 11) is 0. The largest absolute Gasteiger partial charge is 0.444 e. The van der Waals surface area contributed by atoms with Crippen molar-refractivity contribution in [2.45, 2.75) is 76.2 Å². The van der Waals surface area contributed by atoms with E-state index in [-0.39, 0.29) is 21.2 Å². The molecule has 0 saturated carbocycles. The number of likely N-dealkylation sites (tertiary alicyclic amines) is 1. The summed E-state index contributed by atoms with van der Waals surface area (Å²) in [4.78, 5) is 50.9. The van der Waals surface area contributed by atoms with Gasteiger partial charge in [0.1, 0.15) is 17.7 Å². The van der Waals surface area contributed by atoms with Crippen molar-refractivity contribution < 1.29 is 27.5 Å². The molecule has 1 atom stereocenters. The smallest absolute Gasteiger partial charge is 0.416 e. The molecule has 1 aliphatic heterocycles. The van der Waals surface area contributed by atoms with E-state index in [4.69, 9.17) is 16.3 Å². The number of aromatic nitrogens is 4. The van der Waals surface area contributed by atoms with Crippen LogP contribution in [0.25, 0.3) is 5.78 Å². The van der Waals surface area contributed by atoms with Crippen molar-refractivity contribution in [1.29, 1.82) is 0 Å². The van der Waals surface area contributed by atoms with Crippen molar-refractivity contribution in [2.24, 2.45) is 4.99 Å². The number of carbonyl (C=O) groups is 2. The Labute approximate surface area is 269 Å². The molecule has 0 bridgehead atoms. The molecule has 0 radical (unpaired) electrons. The summed E-state index contributed by atoms with van der Waals surface area (Å²) >= 11 is 9.31. The fraction of sp³-hybridized carbons (Fsp3) is 0.483. The number of alkyl halides is 3. The van der Waals surface area contributed by atoms with Gasteiger partial charge in [0, 0.05) is 24.1 Å². The molecule has 3 heterocycles. The predicted octanol–water partition coefficient (Wildman–Crippen LogP) is 5.71. The van der Waals surface area contributed by atoms with E-state index in [0.29, 0.717) is 43.6 Å². The second-order valence-electron chi connectivity index (χ2n) is 12.4. The monoisotopic (exact) mass is 711 g/mol. The Morgan fingerprint density at radius 1 is 1.24 bits per heavy atom. The van der Waals surface area contributed by atoms with Gasteiger partial charge in [-0.15, -0.1) is 5.10 Å². The number of carbonyl (C=O) groups excluding carboxylic acids is 2. The fourth-order valence-electron chi connectivity index (χ4n) is 6.32. The number of hydrogen-bond acceptors (Lipinski definition) is 7. The maximum Gasteiger partial charge on any atom is 0.416 e. The van der Waals surface area contributed by atoms with Gasteiger partial charge >= 0.3 is 12.3 Å². The van der Waals surface area contributed by atoms with Crippen molar-refractivity contribution in [3.8, 4) is 0 Å². The molecule has 2 aromatic heterocycles. The number of anilines is 1. The fourth-order valence-corrected chi connectivity index (χ4v) is 6.86. The number of aliphatic imine (C=N–C) groups is 1. The molecule has 5 rings (SSSR count). The predicted molar refractivity (Wildman–Crippen MR) is 164 cm³/mol. The number of piperidine rings is 1. The van der Waals surface area contributed by atoms with E-state index in [1.165, 1.54) is 4.57 Å². The van der Waals surface area contributed by atoms with Crippen LogP contribution in [0.1, 0.15) is 63.8 Å². The highest BCUT2D eigenvalue weighted by molar-refractivity contribution is 9.10. The van der Waals surface area contributed by atoms with Gasteiger partial charge in [-0.2, -0.15) is 22.7 Å². The van der Waals surface area contributed by atoms with Crippen LogP contribution in [0.4, 0.5) is 23.7 Å². The standard InChI is InChI=1S/C29H30BrClF3N7O4/c1-6-35-27(5)15-28(9-11-39(12-10-28)25(44)45-26(2,3)4)20-21(27)40(24-37-23(30)38-41(24)22(20)43)14-19(42)36-18-8-7-16(13-17(18)31)29(32,33)34/h7-8,13H,1,9-12,14-15H2,2-5H3,(H,36,42)/t27-/m1/s1. The highest BCUT2D eigenvalue weighted by Gasteiger charge is 2.55. The minimum atomic E-state index is -4.61. The topological polar surface area (TPSA) is 123 Å². The Morgan fingerprint density at radius 3 is 2.49 bits per heavy atom. The normalized spacial score (nSPS) is 19.4. The lowest BCUT2D eigenvalue weighted by Crippen LogP contribution is -2.48. The van der Waals surface area contributed by atoms with Crippen molar-refractivity contribution >= 4 is 56.9 Å². The van der Waals surface area contributed by atoms with Crippen molar-refractivity contribution in [3.63, 3.8) is 0 Å². The third kappa shape index (κ3) is 6.12. The maximum absolute atomic E-state index is 14.1. The first-order valence-electron chi connectivity index (χ1n) is 14.0. The number of halogens is 5. The van der Waals surface area contributed by atoms with Crippen LogP contribution in [-0.2, 0) is 33.2 Å². The molecule has 1 aromatic carbocycles. The lowest BCUT2D eigenvalue weighted by Gasteiger charge is -2.40. The number of amides is 2. The minimum Gasteiger partial charge on any atom is -0.444 e. The number of rotatable bonds is 4. The molecule has 240 valence electrons. The molecule has 1 aliphatic carbocycles. The van der Waals surface area contributed by atoms with Crippen LogP contribution in [-0.4, -0.2) is 60.6 Å². The van der Waals surface area contributed by atoms with Crippen molar-refractivity contribution in [1.82, 2.24) is 24.1 Å². The molecular weight excluding hydrogens is 683 g/mol. The molecule has 1 saturated heterocycles. The average Bonchev–Trinajstić information content (AvgIpc) is 3.42. The first-order valence-corrected chi connectivity index (χ1v) is 15.1. The number of ether oxygens (including phenoxy) is 1. The third-order valence-corrected chi connectivity index (χ3v) is 8.66. The molecule has 3 aromatic rings. The first kappa shape index (κ1) is 32.7. The molecule has 1 spiro atoms. The number of nitrogens with zero attached hydrogens (tertiary/aromatic N) is 6. The maximum atomic E-state index is 14.1. The van der Waals surface area contributed by atoms with E-state index in [9.17, 15) is 27.6 Å². The zero-order chi connectivity index (χ0) is 33.1. The van der Waals surface area contributed by atoms with Crippen LogP contribution in [0, 0.1) is 0 Å². The Balaban J connectivity index is 1.57. The zero-order valence-electron chi connectivity index (χ0n) is 24.9. The summed E-state index contributed by atoms with van der Waals surface area (Å²) in [6, 6.07) is 2.61. The highest BCUT2D eigenvalue weighted by Crippen LogP contribution is 2.54. The summed E-state index contributed by atoms with van der Waals surface area (Å²) in [5.74, 6) is 2.00. The Morgan fingerprint density at radius 2 is 1.91 bits per heavy atom. The zero-order valence-corrected chi connectivity index (χ0v) is 27.2. The van der Waals surface area contributed by atoms with E-state index in [0.717, 1.165) is 22.7 Å². The van der Waals surface area contributed by atoms with Gasteiger partial charge in [-0.05, 0) is 93.5 Å². The number of benzene rings is 1. The van der Waals surface area contributed by atoms with E-state index < -0.39 is 52.4 Å². The molecule has 16 heteroatoms. The van der Waals surface area contributed by atoms with E-state index in [1.54, 1.807) is 25.7 Å². The summed E-state index contributed by atoms with van der Waals surface area (Å²) < 4.78 is 47.7. The van der Waals surface area contributed by atoms with Crippen molar-refractivity contribution in [2.75, 3.05) is 18.4 Å². The second kappa shape index (κ2) is 11.3. The van der Waals surface area contributed by atoms with Crippen LogP contribution in [0.15, 0.2) is 39.3 Å². The van der Waals surface area contributed by atoms with Gasteiger partial charge in [-0.3, -0.25) is 9.59 Å². The lowest BCUT2D eigenvalue weighted by atomic mass is 9.73. The van der Waals surface area contributed by atoms with Gasteiger partial charge in [-0.1, -0.05) is 11.6 Å². The highest BCUT2D eigenvalue weighted by atomic mass is 79.9. The quantitative estimate of drug-likeness (QED) is 0.346. The van der Waals surface area contributed by atoms with Gasteiger partial charge in [0.05, 0.1) is 22.0 Å². The molecule has 1 fully saturated rings. The summed E-state index contributed by atoms with van der Waals surface area (Å²) in [6.45, 7) is 11.0. The molecule has 2 amide bonds. The SMILES string of the molecule is C=C=N[C@]1(C)CC2(CCN(C(=O)OC(C)(C)C)CC2)c2c1n(CC(=O)Nc1ccc(C(F)(F)F)cc1Cl)c1nc(Br)nn1c2=O. The molecular formula is C29H30BrClF3N7O4. The molecule has 45 heavy (non-hydrogen) atoms. The average molecular weight is 713 g/mol. The molecule has 11 nitrogen and oxygen atoms in total. The van der Waals surface area contributed by atoms with Gasteiger partial charge in [0.15, 0.2) is 0 Å². The van der Waals surface area contributed by atoms with E-state index >= 15 is 0 Å². The van der Waals surface area contributed by atoms with Crippen LogP contribution in [0.3, 0.4) is 0 Å². The summed E-state index contributed by atoms with van der Waals surface area (Å²) in [5, 5.41) is 6.49. The Hall–Kier alpha value is -3.68. The number of hydrogen-bond donors (Lipinski definition) is 1. The molecule has 1 N–H and O–H groups in total. The Kier molecular flexibility index (Phi) is 8.20. The van der Waals surface area contributed by atoms with Crippen LogP contribution in [0.2, 0.25) is 5.02 Å². The van der Waals surface area contributed by atoms with Gasteiger partial charge in [-0.25, -0.2) is 9.79 Å². The molecule has 0 unspecified atom stereocenters. The number of nitrogens with one attached hydrogen (secondary N) is 1. The number of fused-ring (bicyclic) bond motifs is 3. The third-order valence-electron chi connectivity index (χ3n) is 8.01. The summed E-state index contributed by atoms with van der Waals surface area (Å²) in [5.41, 5.74) is -3.11. The van der Waals surface area contributed by atoms with Gasteiger partial charge in [0.2, 0.25) is 16.4 Å². The van der Waals surface area contributed by atoms with Gasteiger partial charge in [0.25, 0.3) is 5.56 Å². The second-order valence-corrected chi connectivity index (χ2v) is 13.5. The van der Waals surface area contributed by atoms with Crippen LogP contribution < -0.4 is 10.9 Å².